The summed E-state index contributed by atoms with van der Waals surface area (Å²) in [6.07, 6.45) is 2.65. The molecule has 6 heteroatoms. The zero-order valence-corrected chi connectivity index (χ0v) is 12.9. The average molecular weight is 317 g/mol. The molecule has 1 aliphatic heterocycles. The van der Waals surface area contributed by atoms with Crippen molar-refractivity contribution in [2.75, 3.05) is 0 Å². The van der Waals surface area contributed by atoms with Gasteiger partial charge in [-0.15, -0.1) is 0 Å². The highest BCUT2D eigenvalue weighted by Gasteiger charge is 2.71. The minimum atomic E-state index is -1.06. The van der Waals surface area contributed by atoms with Gasteiger partial charge in [-0.05, 0) is 36.6 Å². The maximum atomic E-state index is 13.8. The Morgan fingerprint density at radius 2 is 2.00 bits per heavy atom. The Morgan fingerprint density at radius 1 is 1.26 bits per heavy atom. The van der Waals surface area contributed by atoms with Crippen LogP contribution in [0.5, 0.6) is 0 Å². The number of benzene rings is 1. The number of hydrogen-bond donors (Lipinski definition) is 0. The second-order valence-electron chi connectivity index (χ2n) is 7.50. The van der Waals surface area contributed by atoms with Crippen molar-refractivity contribution in [2.24, 2.45) is 0 Å². The summed E-state index contributed by atoms with van der Waals surface area (Å²) in [7, 11) is 0. The van der Waals surface area contributed by atoms with Crippen molar-refractivity contribution >= 4 is 0 Å². The fraction of sp³-hybridized carbons (Fsp3) is 0.529. The normalized spacial score (nSPS) is 34.0. The lowest BCUT2D eigenvalue weighted by molar-refractivity contribution is -0.205. The number of aryl methyl sites for hydroxylation is 2. The van der Waals surface area contributed by atoms with Crippen molar-refractivity contribution < 1.29 is 8.78 Å². The van der Waals surface area contributed by atoms with Crippen LogP contribution in [0.25, 0.3) is 0 Å². The highest BCUT2D eigenvalue weighted by Crippen LogP contribution is 2.66. The van der Waals surface area contributed by atoms with Gasteiger partial charge in [0, 0.05) is 25.7 Å². The van der Waals surface area contributed by atoms with E-state index in [1.807, 2.05) is 13.0 Å². The van der Waals surface area contributed by atoms with Crippen LogP contribution in [0.15, 0.2) is 23.0 Å². The van der Waals surface area contributed by atoms with Crippen LogP contribution in [-0.2, 0) is 12.0 Å². The number of rotatable bonds is 2. The van der Waals surface area contributed by atoms with E-state index >= 15 is 0 Å². The van der Waals surface area contributed by atoms with Gasteiger partial charge in [-0.3, -0.25) is 4.57 Å². The van der Waals surface area contributed by atoms with E-state index in [9.17, 15) is 13.6 Å². The first kappa shape index (κ1) is 13.5. The minimum Gasteiger partial charge on any atom is -0.271 e. The van der Waals surface area contributed by atoms with E-state index in [4.69, 9.17) is 0 Å². The summed E-state index contributed by atoms with van der Waals surface area (Å²) in [5.41, 5.74) is 0.0133. The summed E-state index contributed by atoms with van der Waals surface area (Å²) in [6, 6.07) is 4.72. The lowest BCUT2D eigenvalue weighted by atomic mass is 9.47. The summed E-state index contributed by atoms with van der Waals surface area (Å²) >= 11 is 0. The Morgan fingerprint density at radius 3 is 2.65 bits per heavy atom. The molecule has 4 nitrogen and oxygen atoms in total. The van der Waals surface area contributed by atoms with Crippen LogP contribution in [0.2, 0.25) is 0 Å². The van der Waals surface area contributed by atoms with E-state index in [1.165, 1.54) is 16.8 Å². The first-order valence-corrected chi connectivity index (χ1v) is 8.06. The maximum absolute atomic E-state index is 13.8. The molecule has 2 bridgehead atoms. The van der Waals surface area contributed by atoms with Crippen molar-refractivity contribution in [1.82, 2.24) is 14.3 Å². The molecule has 1 aromatic heterocycles. The predicted molar refractivity (Wildman–Crippen MR) is 79.7 cm³/mol. The molecule has 23 heavy (non-hydrogen) atoms. The number of fused-ring (bicyclic) bond motifs is 1. The van der Waals surface area contributed by atoms with E-state index in [0.29, 0.717) is 25.7 Å². The summed E-state index contributed by atoms with van der Waals surface area (Å²) in [6.45, 7) is 1.84. The molecule has 0 unspecified atom stereocenters. The zero-order valence-electron chi connectivity index (χ0n) is 12.9. The topological polar surface area (TPSA) is 39.8 Å². The number of alkyl halides is 1. The van der Waals surface area contributed by atoms with Gasteiger partial charge < -0.3 is 0 Å². The summed E-state index contributed by atoms with van der Waals surface area (Å²) in [4.78, 5) is 12.8. The Labute approximate surface area is 131 Å². The lowest BCUT2D eigenvalue weighted by Gasteiger charge is -2.64. The molecule has 3 aliphatic carbocycles. The lowest BCUT2D eigenvalue weighted by Crippen LogP contribution is -2.72. The third-order valence-electron chi connectivity index (χ3n) is 5.67. The molecule has 1 atom stereocenters. The second kappa shape index (κ2) is 3.91. The molecule has 2 aromatic rings. The molecule has 0 spiro atoms. The van der Waals surface area contributed by atoms with Crippen molar-refractivity contribution in [3.05, 3.63) is 51.5 Å². The molecular formula is C17H17F2N3O. The molecular weight excluding hydrogens is 300 g/mol. The molecule has 120 valence electrons. The number of nitrogens with zero attached hydrogens (tertiary/aromatic N) is 3. The van der Waals surface area contributed by atoms with Crippen LogP contribution in [-0.4, -0.2) is 20.0 Å². The van der Waals surface area contributed by atoms with E-state index in [0.717, 1.165) is 23.4 Å². The van der Waals surface area contributed by atoms with Gasteiger partial charge in [0.1, 0.15) is 17.3 Å². The van der Waals surface area contributed by atoms with E-state index in [2.05, 4.69) is 5.10 Å². The first-order chi connectivity index (χ1) is 10.9. The van der Waals surface area contributed by atoms with Crippen molar-refractivity contribution in [1.29, 1.82) is 0 Å². The van der Waals surface area contributed by atoms with Crippen LogP contribution in [0.3, 0.4) is 0 Å². The number of hydrogen-bond acceptors (Lipinski definition) is 2. The Kier molecular flexibility index (Phi) is 2.29. The highest BCUT2D eigenvalue weighted by molar-refractivity contribution is 5.29. The number of halogens is 2. The third-order valence-corrected chi connectivity index (χ3v) is 5.67. The smallest absolute Gasteiger partial charge is 0.271 e. The van der Waals surface area contributed by atoms with Crippen molar-refractivity contribution in [3.8, 4) is 0 Å². The van der Waals surface area contributed by atoms with Gasteiger partial charge in [0.05, 0.1) is 11.6 Å². The first-order valence-electron chi connectivity index (χ1n) is 8.06. The molecule has 6 rings (SSSR count). The molecule has 1 aromatic carbocycles. The molecule has 2 heterocycles. The van der Waals surface area contributed by atoms with Gasteiger partial charge in [0.15, 0.2) is 0 Å². The second-order valence-corrected chi connectivity index (χ2v) is 7.50. The van der Waals surface area contributed by atoms with Gasteiger partial charge in [-0.2, -0.15) is 5.10 Å². The van der Waals surface area contributed by atoms with Gasteiger partial charge in [0.2, 0.25) is 0 Å². The van der Waals surface area contributed by atoms with E-state index in [-0.39, 0.29) is 17.5 Å². The molecule has 3 fully saturated rings. The molecule has 0 radical (unpaired) electrons. The summed E-state index contributed by atoms with van der Waals surface area (Å²) in [5, 5.41) is 4.48. The fourth-order valence-corrected chi connectivity index (χ4v) is 4.72. The third kappa shape index (κ3) is 1.64. The van der Waals surface area contributed by atoms with E-state index in [1.54, 1.807) is 4.57 Å². The summed E-state index contributed by atoms with van der Waals surface area (Å²) < 4.78 is 30.7. The summed E-state index contributed by atoms with van der Waals surface area (Å²) in [5.74, 6) is 0.451. The number of aromatic nitrogens is 3. The highest BCUT2D eigenvalue weighted by atomic mass is 19.1. The maximum Gasteiger partial charge on any atom is 0.347 e. The van der Waals surface area contributed by atoms with Crippen molar-refractivity contribution in [3.63, 3.8) is 0 Å². The fourth-order valence-electron chi connectivity index (χ4n) is 4.72. The van der Waals surface area contributed by atoms with Gasteiger partial charge in [-0.1, -0.05) is 6.07 Å². The SMILES string of the molecule is Cc1cc(F)cc([C@@H]2CCc3nn(C45CC(F)(C4)C5)c(=O)n32)c1. The zero-order chi connectivity index (χ0) is 16.0. The molecule has 0 saturated heterocycles. The molecule has 0 amide bonds. The molecule has 4 aliphatic rings. The largest absolute Gasteiger partial charge is 0.347 e. The van der Waals surface area contributed by atoms with Crippen LogP contribution < -0.4 is 5.69 Å². The standard InChI is InChI=1S/C17H17F2N3O/c1-10-4-11(6-12(18)5-10)13-2-3-14-20-22(15(23)21(13)14)17-7-16(19,8-17)9-17/h4-6,13H,2-3,7-9H2,1H3/t13-,16?,17?/m0/s1. The Hall–Kier alpha value is -1.98. The quantitative estimate of drug-likeness (QED) is 0.854. The molecule has 0 N–H and O–H groups in total. The minimum absolute atomic E-state index is 0.174. The van der Waals surface area contributed by atoms with Crippen LogP contribution in [0.1, 0.15) is 48.7 Å². The molecule has 3 saturated carbocycles. The Bertz CT molecular complexity index is 858. The van der Waals surface area contributed by atoms with Crippen LogP contribution in [0, 0.1) is 12.7 Å². The monoisotopic (exact) mass is 317 g/mol. The van der Waals surface area contributed by atoms with Crippen molar-refractivity contribution in [2.45, 2.75) is 56.3 Å². The van der Waals surface area contributed by atoms with Gasteiger partial charge in [-0.25, -0.2) is 18.3 Å². The Balaban J connectivity index is 1.58. The van der Waals surface area contributed by atoms with Crippen LogP contribution in [0.4, 0.5) is 8.78 Å². The van der Waals surface area contributed by atoms with Gasteiger partial charge >= 0.3 is 5.69 Å². The van der Waals surface area contributed by atoms with Gasteiger partial charge in [0.25, 0.3) is 0 Å². The predicted octanol–water partition coefficient (Wildman–Crippen LogP) is 2.63. The van der Waals surface area contributed by atoms with Crippen LogP contribution >= 0.6 is 0 Å². The average Bonchev–Trinajstić information content (AvgIpc) is 2.94. The van der Waals surface area contributed by atoms with E-state index < -0.39 is 11.2 Å².